The molecule has 19 heteroatoms. The van der Waals surface area contributed by atoms with E-state index in [1.165, 1.54) is 6.07 Å². The van der Waals surface area contributed by atoms with Crippen molar-refractivity contribution in [2.45, 2.75) is 20.8 Å². The third-order valence-electron chi connectivity index (χ3n) is 8.28. The fourth-order valence-corrected chi connectivity index (χ4v) is 7.77. The van der Waals surface area contributed by atoms with Crippen LogP contribution in [0.3, 0.4) is 0 Å². The van der Waals surface area contributed by atoms with Gasteiger partial charge in [0.15, 0.2) is 23.3 Å². The Morgan fingerprint density at radius 2 is 0.934 bits per heavy atom. The molecular formula is C42H30BrClF4I3N3NaO6. The number of hydrogen-bond donors (Lipinski definition) is 6. The predicted molar refractivity (Wildman–Crippen MR) is 260 cm³/mol. The van der Waals surface area contributed by atoms with E-state index in [4.69, 9.17) is 21.8 Å². The van der Waals surface area contributed by atoms with Gasteiger partial charge in [0.2, 0.25) is 0 Å². The summed E-state index contributed by atoms with van der Waals surface area (Å²) in [6, 6.07) is 24.2. The maximum atomic E-state index is 14.0. The number of benzene rings is 6. The fourth-order valence-electron chi connectivity index (χ4n) is 5.26. The normalized spacial score (nSPS) is 10.2. The average Bonchev–Trinajstić information content (AvgIpc) is 3.17. The summed E-state index contributed by atoms with van der Waals surface area (Å²) in [5.41, 5.74) is 3.82. The van der Waals surface area contributed by atoms with Gasteiger partial charge in [-0.3, -0.25) is 0 Å². The number of halogens is 9. The minimum atomic E-state index is -1.35. The molecule has 6 aromatic rings. The number of rotatable bonds is 9. The van der Waals surface area contributed by atoms with E-state index >= 15 is 0 Å². The first-order valence-corrected chi connectivity index (χ1v) is 21.3. The summed E-state index contributed by atoms with van der Waals surface area (Å²) in [5, 5.41) is 36.2. The van der Waals surface area contributed by atoms with Crippen LogP contribution in [0.2, 0.25) is 5.02 Å². The summed E-state index contributed by atoms with van der Waals surface area (Å²) in [7, 11) is 0. The summed E-state index contributed by atoms with van der Waals surface area (Å²) in [6.45, 7) is 5.56. The van der Waals surface area contributed by atoms with Crippen LogP contribution in [0.15, 0.2) is 95.5 Å². The molecule has 9 nitrogen and oxygen atoms in total. The Morgan fingerprint density at radius 1 is 0.525 bits per heavy atom. The Balaban J connectivity index is 0.000000242. The van der Waals surface area contributed by atoms with E-state index in [-0.39, 0.29) is 56.4 Å². The van der Waals surface area contributed by atoms with E-state index in [1.807, 2.05) is 37.3 Å². The number of carbonyl (C=O) groups is 3. The maximum absolute atomic E-state index is 14.0. The molecule has 6 rings (SSSR count). The zero-order chi connectivity index (χ0) is 44.6. The Kier molecular flexibility index (Phi) is 20.1. The van der Waals surface area contributed by atoms with Gasteiger partial charge in [-0.15, -0.1) is 0 Å². The topological polar surface area (TPSA) is 148 Å². The number of carboxylic acids is 3. The van der Waals surface area contributed by atoms with Gasteiger partial charge in [-0.05, 0) is 212 Å². The molecule has 0 aliphatic heterocycles. The Bertz CT molecular complexity index is 2650. The molecule has 1 radical (unpaired) electrons. The molecule has 0 atom stereocenters. The molecule has 313 valence electrons. The van der Waals surface area contributed by atoms with Crippen LogP contribution in [0.25, 0.3) is 0 Å². The molecule has 0 aliphatic rings. The number of nitrogens with one attached hydrogen (secondary N) is 3. The molecule has 6 aromatic carbocycles. The van der Waals surface area contributed by atoms with Crippen molar-refractivity contribution in [1.29, 1.82) is 0 Å². The van der Waals surface area contributed by atoms with Crippen molar-refractivity contribution in [3.8, 4) is 0 Å². The van der Waals surface area contributed by atoms with E-state index in [0.717, 1.165) is 51.3 Å². The molecule has 0 aromatic heterocycles. The van der Waals surface area contributed by atoms with Crippen LogP contribution in [-0.4, -0.2) is 62.8 Å². The van der Waals surface area contributed by atoms with Crippen LogP contribution in [-0.2, 0) is 0 Å². The van der Waals surface area contributed by atoms with E-state index in [1.54, 1.807) is 50.2 Å². The zero-order valence-electron chi connectivity index (χ0n) is 32.1. The first kappa shape index (κ1) is 52.2. The zero-order valence-corrected chi connectivity index (χ0v) is 42.9. The summed E-state index contributed by atoms with van der Waals surface area (Å²) in [4.78, 5) is 33.5. The third kappa shape index (κ3) is 14.2. The minimum Gasteiger partial charge on any atom is -0.478 e. The largest absolute Gasteiger partial charge is 0.478 e. The van der Waals surface area contributed by atoms with E-state index in [0.29, 0.717) is 22.1 Å². The second kappa shape index (κ2) is 23.5. The quantitative estimate of drug-likeness (QED) is 0.0360. The monoisotopic (exact) mass is 1270 g/mol. The van der Waals surface area contributed by atoms with E-state index in [2.05, 4.69) is 99.7 Å². The van der Waals surface area contributed by atoms with Gasteiger partial charge >= 0.3 is 17.9 Å². The van der Waals surface area contributed by atoms with Gasteiger partial charge < -0.3 is 31.3 Å². The number of hydrogen-bond acceptors (Lipinski definition) is 6. The Labute approximate surface area is 423 Å². The van der Waals surface area contributed by atoms with Crippen molar-refractivity contribution in [3.05, 3.63) is 168 Å². The standard InChI is InChI=1S/C14H9BrF2INO2.C14H11ClINO2.C14H10F2INO2.Na/c1-6-4-7(18)2-3-10(6)19-13-8(14(20)21)5-9(15)11(16)12(13)17;1-8-6-10(16)3-5-12(8)17-13-4-2-9(15)7-11(13)14(18)19;1-7-6-8(17)2-5-11(7)18-13-9(14(19)20)3-4-10(15)12(13)16;/h2-5,19H,1H3,(H,20,21);2-7,17H,1H3,(H,18,19);2-6,18H,1H3,(H,19,20);. The number of aromatic carboxylic acids is 3. The molecular weight excluding hydrogens is 1240 g/mol. The molecule has 61 heavy (non-hydrogen) atoms. The smallest absolute Gasteiger partial charge is 0.337 e. The molecule has 0 amide bonds. The first-order valence-electron chi connectivity index (χ1n) is 16.9. The average molecular weight is 1270 g/mol. The number of carboxylic acid groups (broad SMARTS) is 3. The van der Waals surface area contributed by atoms with Crippen LogP contribution >= 0.6 is 95.3 Å². The van der Waals surface area contributed by atoms with Gasteiger partial charge in [0.25, 0.3) is 0 Å². The van der Waals surface area contributed by atoms with Gasteiger partial charge in [-0.2, -0.15) is 0 Å². The SMILES string of the molecule is Cc1cc(I)ccc1Nc1c(C(=O)O)cc(Br)c(F)c1F.Cc1cc(I)ccc1Nc1c(C(=O)O)ccc(F)c1F.Cc1cc(I)ccc1Nc1ccc(Cl)cc1C(=O)O.[Na]. The van der Waals surface area contributed by atoms with Crippen molar-refractivity contribution in [2.75, 3.05) is 16.0 Å². The summed E-state index contributed by atoms with van der Waals surface area (Å²) < 4.78 is 57.7. The summed E-state index contributed by atoms with van der Waals surface area (Å²) in [5.74, 6) is -8.35. The molecule has 0 saturated carbocycles. The van der Waals surface area contributed by atoms with Crippen LogP contribution in [0.4, 0.5) is 51.7 Å². The Hall–Kier alpha value is -3.19. The molecule has 0 unspecified atom stereocenters. The predicted octanol–water partition coefficient (Wildman–Crippen LogP) is 13.7. The molecule has 0 bridgehead atoms. The van der Waals surface area contributed by atoms with Crippen molar-refractivity contribution in [3.63, 3.8) is 0 Å². The van der Waals surface area contributed by atoms with Crippen molar-refractivity contribution in [2.24, 2.45) is 0 Å². The summed E-state index contributed by atoms with van der Waals surface area (Å²) in [6.07, 6.45) is 0. The summed E-state index contributed by atoms with van der Waals surface area (Å²) >= 11 is 15.1. The van der Waals surface area contributed by atoms with E-state index in [9.17, 15) is 37.1 Å². The molecule has 0 spiro atoms. The van der Waals surface area contributed by atoms with Gasteiger partial charge in [0.05, 0.1) is 38.2 Å². The van der Waals surface area contributed by atoms with Crippen LogP contribution < -0.4 is 16.0 Å². The molecule has 0 saturated heterocycles. The minimum absolute atomic E-state index is 0. The maximum Gasteiger partial charge on any atom is 0.337 e. The molecule has 0 aliphatic carbocycles. The van der Waals surface area contributed by atoms with Crippen LogP contribution in [0.5, 0.6) is 0 Å². The van der Waals surface area contributed by atoms with Crippen molar-refractivity contribution >= 4 is 177 Å². The second-order valence-corrected chi connectivity index (χ2v) is 17.6. The molecule has 0 fully saturated rings. The Morgan fingerprint density at radius 3 is 1.36 bits per heavy atom. The van der Waals surface area contributed by atoms with Gasteiger partial charge in [-0.25, -0.2) is 31.9 Å². The van der Waals surface area contributed by atoms with Crippen molar-refractivity contribution in [1.82, 2.24) is 0 Å². The van der Waals surface area contributed by atoms with Gasteiger partial charge in [-0.1, -0.05) is 11.6 Å². The van der Waals surface area contributed by atoms with Gasteiger partial charge in [0.1, 0.15) is 0 Å². The van der Waals surface area contributed by atoms with Crippen LogP contribution in [0.1, 0.15) is 47.8 Å². The van der Waals surface area contributed by atoms with Crippen molar-refractivity contribution < 1.29 is 47.3 Å². The second-order valence-electron chi connectivity index (χ2n) is 12.6. The molecule has 0 heterocycles. The van der Waals surface area contributed by atoms with Crippen LogP contribution in [0, 0.1) is 54.8 Å². The first-order chi connectivity index (χ1) is 28.2. The fraction of sp³-hybridized carbons (Fsp3) is 0.0714. The number of aryl methyl sites for hydroxylation is 3. The molecule has 6 N–H and O–H groups in total. The van der Waals surface area contributed by atoms with E-state index < -0.39 is 46.9 Å². The third-order valence-corrected chi connectivity index (χ3v) is 11.1. The number of anilines is 6. The van der Waals surface area contributed by atoms with Gasteiger partial charge in [0, 0.05) is 62.4 Å².